The molecule has 0 amide bonds. The Morgan fingerprint density at radius 2 is 1.56 bits per heavy atom. The van der Waals surface area contributed by atoms with Gasteiger partial charge in [-0.3, -0.25) is 4.79 Å². The maximum atomic E-state index is 12.8. The topological polar surface area (TPSA) is 95.8 Å². The number of rotatable bonds is 2. The molecule has 138 valence electrons. The van der Waals surface area contributed by atoms with E-state index in [-0.39, 0.29) is 25.8 Å². The lowest BCUT2D eigenvalue weighted by atomic mass is 9.77. The number of benzene rings is 2. The molecule has 0 saturated heterocycles. The molecule has 1 unspecified atom stereocenters. The molecular formula is C19H15NO7. The molecule has 0 aromatic heterocycles. The Kier molecular flexibility index (Phi) is 3.40. The van der Waals surface area contributed by atoms with E-state index in [4.69, 9.17) is 23.7 Å². The summed E-state index contributed by atoms with van der Waals surface area (Å²) >= 11 is 0. The molecule has 0 radical (unpaired) electrons. The predicted molar refractivity (Wildman–Crippen MR) is 91.7 cm³/mol. The van der Waals surface area contributed by atoms with Crippen LogP contribution in [-0.2, 0) is 0 Å². The smallest absolute Gasteiger partial charge is 0.231 e. The Hall–Kier alpha value is -3.42. The Morgan fingerprint density at radius 3 is 2.19 bits per heavy atom. The molecule has 2 aliphatic heterocycles. The van der Waals surface area contributed by atoms with Gasteiger partial charge in [-0.2, -0.15) is 0 Å². The number of fused-ring (bicyclic) bond motifs is 3. The first-order chi connectivity index (χ1) is 13.2. The van der Waals surface area contributed by atoms with Crippen LogP contribution in [0.15, 0.2) is 29.4 Å². The highest BCUT2D eigenvalue weighted by Crippen LogP contribution is 2.46. The fourth-order valence-electron chi connectivity index (χ4n) is 3.73. The summed E-state index contributed by atoms with van der Waals surface area (Å²) in [6.07, 6.45) is 0.127. The summed E-state index contributed by atoms with van der Waals surface area (Å²) in [7, 11) is 1.54. The van der Waals surface area contributed by atoms with E-state index in [2.05, 4.69) is 5.16 Å². The standard InChI is InChI=1S/C19H15NO7/c1-23-14-6-18-16(25-8-27-18)4-10(14)11-2-13(21)9-3-15-17(26-7-24-15)5-12(9)19(11)20-22/h3-6,11,22H,2,7-8H2,1H3. The van der Waals surface area contributed by atoms with E-state index in [9.17, 15) is 10.0 Å². The van der Waals surface area contributed by atoms with Crippen LogP contribution < -0.4 is 23.7 Å². The van der Waals surface area contributed by atoms with Gasteiger partial charge in [0.1, 0.15) is 5.75 Å². The molecule has 27 heavy (non-hydrogen) atoms. The molecule has 0 saturated carbocycles. The number of oxime groups is 1. The van der Waals surface area contributed by atoms with Gasteiger partial charge in [-0.15, -0.1) is 0 Å². The quantitative estimate of drug-likeness (QED) is 0.642. The molecule has 2 aromatic carbocycles. The Balaban J connectivity index is 1.66. The van der Waals surface area contributed by atoms with Crippen LogP contribution >= 0.6 is 0 Å². The van der Waals surface area contributed by atoms with Gasteiger partial charge in [0.15, 0.2) is 28.8 Å². The summed E-state index contributed by atoms with van der Waals surface area (Å²) in [5.41, 5.74) is 2.01. The molecule has 1 atom stereocenters. The zero-order chi connectivity index (χ0) is 18.5. The number of Topliss-reactive ketones (excluding diaryl/α,β-unsaturated/α-hetero) is 1. The second-order valence-electron chi connectivity index (χ2n) is 6.36. The highest BCUT2D eigenvalue weighted by atomic mass is 16.7. The number of nitrogens with zero attached hydrogens (tertiary/aromatic N) is 1. The molecule has 5 rings (SSSR count). The molecule has 8 nitrogen and oxygen atoms in total. The molecule has 2 heterocycles. The van der Waals surface area contributed by atoms with Crippen LogP contribution in [0.1, 0.15) is 33.8 Å². The fraction of sp³-hybridized carbons (Fsp3) is 0.263. The monoisotopic (exact) mass is 369 g/mol. The van der Waals surface area contributed by atoms with Gasteiger partial charge < -0.3 is 28.9 Å². The summed E-state index contributed by atoms with van der Waals surface area (Å²) < 4.78 is 27.1. The number of methoxy groups -OCH3 is 1. The molecule has 2 aromatic rings. The molecule has 0 fully saturated rings. The van der Waals surface area contributed by atoms with Crippen molar-refractivity contribution in [3.63, 3.8) is 0 Å². The summed E-state index contributed by atoms with van der Waals surface area (Å²) in [4.78, 5) is 12.8. The first-order valence-electron chi connectivity index (χ1n) is 8.36. The SMILES string of the molecule is COc1cc2c(cc1C1CC(=O)c3cc4c(cc3C1=NO)OCO4)OCO2. The van der Waals surface area contributed by atoms with E-state index in [0.29, 0.717) is 51.1 Å². The third-order valence-corrected chi connectivity index (χ3v) is 5.02. The van der Waals surface area contributed by atoms with Gasteiger partial charge in [-0.05, 0) is 18.2 Å². The van der Waals surface area contributed by atoms with Crippen molar-refractivity contribution in [2.45, 2.75) is 12.3 Å². The van der Waals surface area contributed by atoms with E-state index in [1.54, 1.807) is 24.3 Å². The minimum Gasteiger partial charge on any atom is -0.496 e. The number of ether oxygens (including phenoxy) is 5. The van der Waals surface area contributed by atoms with E-state index in [1.807, 2.05) is 0 Å². The highest BCUT2D eigenvalue weighted by molar-refractivity contribution is 6.19. The van der Waals surface area contributed by atoms with E-state index in [1.165, 1.54) is 7.11 Å². The molecule has 3 aliphatic rings. The van der Waals surface area contributed by atoms with Gasteiger partial charge >= 0.3 is 0 Å². The highest BCUT2D eigenvalue weighted by Gasteiger charge is 2.37. The molecule has 8 heteroatoms. The lowest BCUT2D eigenvalue weighted by molar-refractivity contribution is 0.0975. The van der Waals surface area contributed by atoms with Crippen molar-refractivity contribution < 1.29 is 33.7 Å². The number of ketones is 1. The van der Waals surface area contributed by atoms with Gasteiger partial charge in [-0.1, -0.05) is 5.16 Å². The van der Waals surface area contributed by atoms with Crippen LogP contribution in [-0.4, -0.2) is 37.4 Å². The summed E-state index contributed by atoms with van der Waals surface area (Å²) in [5, 5.41) is 13.3. The normalized spacial score (nSPS) is 20.7. The average molecular weight is 369 g/mol. The summed E-state index contributed by atoms with van der Waals surface area (Å²) in [5.74, 6) is 2.11. The van der Waals surface area contributed by atoms with Crippen LogP contribution in [0.5, 0.6) is 28.7 Å². The van der Waals surface area contributed by atoms with Crippen molar-refractivity contribution in [1.82, 2.24) is 0 Å². The third-order valence-electron chi connectivity index (χ3n) is 5.02. The lowest BCUT2D eigenvalue weighted by Gasteiger charge is -2.26. The van der Waals surface area contributed by atoms with Crippen LogP contribution in [0.2, 0.25) is 0 Å². The zero-order valence-electron chi connectivity index (χ0n) is 14.4. The maximum Gasteiger partial charge on any atom is 0.231 e. The molecule has 1 aliphatic carbocycles. The third kappa shape index (κ3) is 2.29. The Morgan fingerprint density at radius 1 is 0.963 bits per heavy atom. The number of carbonyl (C=O) groups excluding carboxylic acids is 1. The molecule has 0 bridgehead atoms. The van der Waals surface area contributed by atoms with Crippen molar-refractivity contribution >= 4 is 11.5 Å². The Bertz CT molecular complexity index is 998. The van der Waals surface area contributed by atoms with Crippen LogP contribution in [0.4, 0.5) is 0 Å². The Labute approximate surface area is 153 Å². The van der Waals surface area contributed by atoms with Crippen LogP contribution in [0, 0.1) is 0 Å². The van der Waals surface area contributed by atoms with Crippen LogP contribution in [0.25, 0.3) is 0 Å². The van der Waals surface area contributed by atoms with Crippen LogP contribution in [0.3, 0.4) is 0 Å². The molecular weight excluding hydrogens is 354 g/mol. The number of hydrogen-bond acceptors (Lipinski definition) is 8. The first kappa shape index (κ1) is 15.8. The zero-order valence-corrected chi connectivity index (χ0v) is 14.4. The maximum absolute atomic E-state index is 12.8. The second kappa shape index (κ2) is 5.80. The van der Waals surface area contributed by atoms with Crippen molar-refractivity contribution in [1.29, 1.82) is 0 Å². The minimum atomic E-state index is -0.500. The fourth-order valence-corrected chi connectivity index (χ4v) is 3.73. The first-order valence-corrected chi connectivity index (χ1v) is 8.36. The van der Waals surface area contributed by atoms with E-state index in [0.717, 1.165) is 0 Å². The van der Waals surface area contributed by atoms with Gasteiger partial charge in [0.05, 0.1) is 12.8 Å². The van der Waals surface area contributed by atoms with E-state index >= 15 is 0 Å². The predicted octanol–water partition coefficient (Wildman–Crippen LogP) is 2.70. The second-order valence-corrected chi connectivity index (χ2v) is 6.36. The minimum absolute atomic E-state index is 0.0829. The van der Waals surface area contributed by atoms with Gasteiger partial charge in [-0.25, -0.2) is 0 Å². The largest absolute Gasteiger partial charge is 0.496 e. The van der Waals surface area contributed by atoms with E-state index < -0.39 is 5.92 Å². The van der Waals surface area contributed by atoms with Gasteiger partial charge in [0, 0.05) is 35.1 Å². The number of carbonyl (C=O) groups is 1. The van der Waals surface area contributed by atoms with Crippen molar-refractivity contribution in [2.24, 2.45) is 5.16 Å². The summed E-state index contributed by atoms with van der Waals surface area (Å²) in [6, 6.07) is 6.79. The summed E-state index contributed by atoms with van der Waals surface area (Å²) in [6.45, 7) is 0.218. The molecule has 1 N–H and O–H groups in total. The van der Waals surface area contributed by atoms with Gasteiger partial charge in [0.25, 0.3) is 0 Å². The average Bonchev–Trinajstić information content (AvgIpc) is 3.33. The lowest BCUT2D eigenvalue weighted by Crippen LogP contribution is -2.26. The molecule has 0 spiro atoms. The van der Waals surface area contributed by atoms with Crippen molar-refractivity contribution in [3.8, 4) is 28.7 Å². The number of hydrogen-bond donors (Lipinski definition) is 1. The van der Waals surface area contributed by atoms with Gasteiger partial charge in [0.2, 0.25) is 13.6 Å². The van der Waals surface area contributed by atoms with Crippen molar-refractivity contribution in [2.75, 3.05) is 20.7 Å². The van der Waals surface area contributed by atoms with Crippen molar-refractivity contribution in [3.05, 3.63) is 41.0 Å².